The van der Waals surface area contributed by atoms with Crippen molar-refractivity contribution in [2.75, 3.05) is 5.32 Å². The molecule has 0 atom stereocenters. The molecule has 0 aliphatic heterocycles. The third-order valence-electron chi connectivity index (χ3n) is 2.63. The molecule has 0 saturated heterocycles. The summed E-state index contributed by atoms with van der Waals surface area (Å²) in [6, 6.07) is 14.9. The van der Waals surface area contributed by atoms with Crippen LogP contribution in [0.3, 0.4) is 0 Å². The number of benzene rings is 2. The Morgan fingerprint density at radius 2 is 1.89 bits per heavy atom. The Balaban J connectivity index is 2.31. The number of rotatable bonds is 4. The van der Waals surface area contributed by atoms with Gasteiger partial charge in [0.15, 0.2) is 0 Å². The Morgan fingerprint density at radius 1 is 1.11 bits per heavy atom. The van der Waals surface area contributed by atoms with Gasteiger partial charge in [-0.2, -0.15) is 0 Å². The van der Waals surface area contributed by atoms with E-state index in [-0.39, 0.29) is 0 Å². The van der Waals surface area contributed by atoms with Gasteiger partial charge in [-0.05, 0) is 29.8 Å². The number of carbonyl (C=O) groups excluding carboxylic acids is 1. The van der Waals surface area contributed by atoms with E-state index < -0.39 is 5.91 Å². The van der Waals surface area contributed by atoms with E-state index in [1.807, 2.05) is 36.4 Å². The van der Waals surface area contributed by atoms with Crippen molar-refractivity contribution in [1.82, 2.24) is 0 Å². The molecule has 0 saturated carbocycles. The lowest BCUT2D eigenvalue weighted by atomic mass is 10.1. The summed E-state index contributed by atoms with van der Waals surface area (Å²) in [6.45, 7) is 0.479. The zero-order valence-electron chi connectivity index (χ0n) is 9.89. The number of hydrogen-bond acceptors (Lipinski definition) is 3. The van der Waals surface area contributed by atoms with E-state index in [9.17, 15) is 4.79 Å². The highest BCUT2D eigenvalue weighted by Gasteiger charge is 2.06. The van der Waals surface area contributed by atoms with Crippen LogP contribution >= 0.6 is 0 Å². The van der Waals surface area contributed by atoms with Gasteiger partial charge >= 0.3 is 0 Å². The number of nitrogens with one attached hydrogen (secondary N) is 1. The second kappa shape index (κ2) is 5.33. The molecule has 0 aromatic heterocycles. The maximum absolute atomic E-state index is 11.3. The quantitative estimate of drug-likeness (QED) is 0.765. The van der Waals surface area contributed by atoms with Crippen LogP contribution in [0.1, 0.15) is 15.9 Å². The molecular weight excluding hydrogens is 226 g/mol. The summed E-state index contributed by atoms with van der Waals surface area (Å²) < 4.78 is 0. The smallest absolute Gasteiger partial charge is 0.250 e. The van der Waals surface area contributed by atoms with Gasteiger partial charge in [-0.3, -0.25) is 4.79 Å². The zero-order chi connectivity index (χ0) is 13.0. The van der Waals surface area contributed by atoms with Crippen LogP contribution in [0.5, 0.6) is 0 Å². The molecule has 1 amide bonds. The highest BCUT2D eigenvalue weighted by molar-refractivity contribution is 5.99. The Hall–Kier alpha value is -2.33. The predicted octanol–water partition coefficient (Wildman–Crippen LogP) is 1.99. The molecule has 0 fully saturated rings. The molecule has 2 aromatic carbocycles. The SMILES string of the molecule is NCc1cccc(Nc2ccccc2C(N)=O)c1. The van der Waals surface area contributed by atoms with Gasteiger partial charge in [0.2, 0.25) is 0 Å². The van der Waals surface area contributed by atoms with Crippen molar-refractivity contribution in [2.24, 2.45) is 11.5 Å². The van der Waals surface area contributed by atoms with Crippen molar-refractivity contribution >= 4 is 17.3 Å². The second-order valence-electron chi connectivity index (χ2n) is 3.94. The fourth-order valence-electron chi connectivity index (χ4n) is 1.74. The number of amides is 1. The molecule has 2 rings (SSSR count). The van der Waals surface area contributed by atoms with E-state index in [0.717, 1.165) is 11.3 Å². The maximum Gasteiger partial charge on any atom is 0.250 e. The number of anilines is 2. The highest BCUT2D eigenvalue weighted by atomic mass is 16.1. The number of carbonyl (C=O) groups is 1. The van der Waals surface area contributed by atoms with Crippen molar-refractivity contribution in [3.05, 3.63) is 59.7 Å². The number of para-hydroxylation sites is 1. The minimum absolute atomic E-state index is 0.451. The average Bonchev–Trinajstić information content (AvgIpc) is 2.39. The van der Waals surface area contributed by atoms with Gasteiger partial charge in [0, 0.05) is 12.2 Å². The van der Waals surface area contributed by atoms with Gasteiger partial charge in [-0.25, -0.2) is 0 Å². The van der Waals surface area contributed by atoms with Gasteiger partial charge < -0.3 is 16.8 Å². The van der Waals surface area contributed by atoms with Crippen LogP contribution in [0.15, 0.2) is 48.5 Å². The lowest BCUT2D eigenvalue weighted by molar-refractivity contribution is 0.100. The first-order valence-electron chi connectivity index (χ1n) is 5.65. The van der Waals surface area contributed by atoms with Crippen LogP contribution in [-0.2, 0) is 6.54 Å². The molecule has 5 N–H and O–H groups in total. The van der Waals surface area contributed by atoms with E-state index in [1.165, 1.54) is 0 Å². The molecule has 2 aromatic rings. The van der Waals surface area contributed by atoms with Gasteiger partial charge in [0.05, 0.1) is 11.3 Å². The van der Waals surface area contributed by atoms with Gasteiger partial charge in [0.25, 0.3) is 5.91 Å². The average molecular weight is 241 g/mol. The molecule has 0 heterocycles. The summed E-state index contributed by atoms with van der Waals surface area (Å²) >= 11 is 0. The summed E-state index contributed by atoms with van der Waals surface area (Å²) in [5, 5.41) is 3.17. The van der Waals surface area contributed by atoms with Crippen LogP contribution in [0, 0.1) is 0 Å². The monoisotopic (exact) mass is 241 g/mol. The molecule has 0 aliphatic rings. The Labute approximate surface area is 106 Å². The molecule has 92 valence electrons. The third-order valence-corrected chi connectivity index (χ3v) is 2.63. The lowest BCUT2D eigenvalue weighted by Gasteiger charge is -2.10. The second-order valence-corrected chi connectivity index (χ2v) is 3.94. The van der Waals surface area contributed by atoms with E-state index >= 15 is 0 Å². The number of primary amides is 1. The van der Waals surface area contributed by atoms with Crippen molar-refractivity contribution in [3.8, 4) is 0 Å². The summed E-state index contributed by atoms with van der Waals surface area (Å²) in [5.74, 6) is -0.451. The lowest BCUT2D eigenvalue weighted by Crippen LogP contribution is -2.13. The summed E-state index contributed by atoms with van der Waals surface area (Å²) in [7, 11) is 0. The first-order valence-corrected chi connectivity index (χ1v) is 5.65. The largest absolute Gasteiger partial charge is 0.366 e. The standard InChI is InChI=1S/C14H15N3O/c15-9-10-4-3-5-11(8-10)17-13-7-2-1-6-12(13)14(16)18/h1-8,17H,9,15H2,(H2,16,18). The normalized spacial score (nSPS) is 10.1. The number of hydrogen-bond donors (Lipinski definition) is 3. The van der Waals surface area contributed by atoms with E-state index in [0.29, 0.717) is 17.8 Å². The maximum atomic E-state index is 11.3. The van der Waals surface area contributed by atoms with Crippen molar-refractivity contribution < 1.29 is 4.79 Å². The van der Waals surface area contributed by atoms with Crippen LogP contribution < -0.4 is 16.8 Å². The Morgan fingerprint density at radius 3 is 2.61 bits per heavy atom. The third kappa shape index (κ3) is 2.67. The van der Waals surface area contributed by atoms with Crippen LogP contribution in [-0.4, -0.2) is 5.91 Å². The highest BCUT2D eigenvalue weighted by Crippen LogP contribution is 2.21. The molecule has 4 heteroatoms. The fraction of sp³-hybridized carbons (Fsp3) is 0.0714. The van der Waals surface area contributed by atoms with Gasteiger partial charge in [-0.1, -0.05) is 24.3 Å². The molecule has 4 nitrogen and oxygen atoms in total. The van der Waals surface area contributed by atoms with Crippen LogP contribution in [0.25, 0.3) is 0 Å². The van der Waals surface area contributed by atoms with Crippen molar-refractivity contribution in [3.63, 3.8) is 0 Å². The van der Waals surface area contributed by atoms with E-state index in [4.69, 9.17) is 11.5 Å². The molecule has 0 spiro atoms. The zero-order valence-corrected chi connectivity index (χ0v) is 9.89. The molecule has 0 radical (unpaired) electrons. The van der Waals surface area contributed by atoms with E-state index in [1.54, 1.807) is 12.1 Å². The summed E-state index contributed by atoms with van der Waals surface area (Å²) in [4.78, 5) is 11.3. The van der Waals surface area contributed by atoms with E-state index in [2.05, 4.69) is 5.32 Å². The first kappa shape index (κ1) is 12.1. The predicted molar refractivity (Wildman–Crippen MR) is 72.6 cm³/mol. The Bertz CT molecular complexity index is 566. The minimum atomic E-state index is -0.451. The van der Waals surface area contributed by atoms with Gasteiger partial charge in [-0.15, -0.1) is 0 Å². The summed E-state index contributed by atoms with van der Waals surface area (Å²) in [6.07, 6.45) is 0. The van der Waals surface area contributed by atoms with Crippen LogP contribution in [0.2, 0.25) is 0 Å². The minimum Gasteiger partial charge on any atom is -0.366 e. The molecule has 18 heavy (non-hydrogen) atoms. The molecule has 0 bridgehead atoms. The van der Waals surface area contributed by atoms with Crippen LogP contribution in [0.4, 0.5) is 11.4 Å². The van der Waals surface area contributed by atoms with Crippen molar-refractivity contribution in [2.45, 2.75) is 6.54 Å². The van der Waals surface area contributed by atoms with Gasteiger partial charge in [0.1, 0.15) is 0 Å². The fourth-order valence-corrected chi connectivity index (χ4v) is 1.74. The topological polar surface area (TPSA) is 81.1 Å². The first-order chi connectivity index (χ1) is 8.70. The Kier molecular flexibility index (Phi) is 3.60. The molecule has 0 aliphatic carbocycles. The molecule has 0 unspecified atom stereocenters. The summed E-state index contributed by atoms with van der Waals surface area (Å²) in [5.41, 5.74) is 14.0. The number of nitrogens with two attached hydrogens (primary N) is 2. The molecular formula is C14H15N3O. The van der Waals surface area contributed by atoms with Crippen molar-refractivity contribution in [1.29, 1.82) is 0 Å².